The van der Waals surface area contributed by atoms with Gasteiger partial charge in [-0.2, -0.15) is 4.98 Å². The molecule has 1 aromatic heterocycles. The first-order valence-electron chi connectivity index (χ1n) is 10.1. The zero-order valence-corrected chi connectivity index (χ0v) is 18.2. The Balaban J connectivity index is 1.61. The highest BCUT2D eigenvalue weighted by atomic mass is 32.2. The van der Waals surface area contributed by atoms with Gasteiger partial charge in [0.2, 0.25) is 10.0 Å². The average Bonchev–Trinajstić information content (AvgIpc) is 3.18. The van der Waals surface area contributed by atoms with Crippen molar-refractivity contribution >= 4 is 27.6 Å². The predicted octanol–water partition coefficient (Wildman–Crippen LogP) is 3.81. The SMILES string of the molecule is C[C@@H](NC(=O)c1coc(NCC2CCCCC2)n1)c1cc(F)c(NS(C)(=O)=O)c(F)c1. The molecule has 11 heteroatoms. The number of rotatable bonds is 8. The maximum absolute atomic E-state index is 14.2. The van der Waals surface area contributed by atoms with Crippen LogP contribution in [0.2, 0.25) is 0 Å². The summed E-state index contributed by atoms with van der Waals surface area (Å²) in [5, 5.41) is 5.69. The van der Waals surface area contributed by atoms with E-state index in [-0.39, 0.29) is 17.3 Å². The zero-order valence-electron chi connectivity index (χ0n) is 17.4. The van der Waals surface area contributed by atoms with Crippen molar-refractivity contribution in [2.24, 2.45) is 5.92 Å². The lowest BCUT2D eigenvalue weighted by Gasteiger charge is -2.21. The van der Waals surface area contributed by atoms with E-state index >= 15 is 0 Å². The van der Waals surface area contributed by atoms with Crippen molar-refractivity contribution in [3.63, 3.8) is 0 Å². The van der Waals surface area contributed by atoms with Crippen LogP contribution in [0.5, 0.6) is 0 Å². The van der Waals surface area contributed by atoms with E-state index in [1.807, 2.05) is 0 Å². The molecule has 1 amide bonds. The summed E-state index contributed by atoms with van der Waals surface area (Å²) in [6, 6.07) is 1.40. The van der Waals surface area contributed by atoms with Crippen LogP contribution in [0.1, 0.15) is 61.1 Å². The molecule has 0 aliphatic heterocycles. The van der Waals surface area contributed by atoms with Crippen LogP contribution in [0, 0.1) is 17.6 Å². The fraction of sp³-hybridized carbons (Fsp3) is 0.500. The number of hydrogen-bond acceptors (Lipinski definition) is 6. The third kappa shape index (κ3) is 6.39. The number of hydrogen-bond donors (Lipinski definition) is 3. The van der Waals surface area contributed by atoms with Gasteiger partial charge in [-0.3, -0.25) is 9.52 Å². The number of carbonyl (C=O) groups is 1. The van der Waals surface area contributed by atoms with Gasteiger partial charge >= 0.3 is 0 Å². The van der Waals surface area contributed by atoms with E-state index in [2.05, 4.69) is 15.6 Å². The largest absolute Gasteiger partial charge is 0.431 e. The van der Waals surface area contributed by atoms with Gasteiger partial charge in [-0.25, -0.2) is 17.2 Å². The Morgan fingerprint density at radius 1 is 1.23 bits per heavy atom. The number of anilines is 2. The maximum atomic E-state index is 14.2. The van der Waals surface area contributed by atoms with Crippen molar-refractivity contribution in [2.45, 2.75) is 45.1 Å². The zero-order chi connectivity index (χ0) is 22.6. The number of sulfonamides is 1. The van der Waals surface area contributed by atoms with Gasteiger partial charge < -0.3 is 15.1 Å². The van der Waals surface area contributed by atoms with E-state index in [1.54, 1.807) is 4.72 Å². The van der Waals surface area contributed by atoms with Crippen molar-refractivity contribution in [1.29, 1.82) is 0 Å². The lowest BCUT2D eigenvalue weighted by atomic mass is 9.89. The summed E-state index contributed by atoms with van der Waals surface area (Å²) in [6.07, 6.45) is 8.02. The molecule has 1 aliphatic rings. The number of benzene rings is 1. The molecule has 3 rings (SSSR count). The third-order valence-electron chi connectivity index (χ3n) is 5.20. The van der Waals surface area contributed by atoms with Crippen molar-refractivity contribution in [2.75, 3.05) is 22.8 Å². The summed E-state index contributed by atoms with van der Waals surface area (Å²) < 4.78 is 58.0. The fourth-order valence-corrected chi connectivity index (χ4v) is 4.13. The number of nitrogens with one attached hydrogen (secondary N) is 3. The standard InChI is InChI=1S/C20H26F2N4O4S/c1-12(14-8-15(21)18(16(22)9-14)26-31(2,28)29)24-19(27)17-11-30-20(25-17)23-10-13-6-4-3-5-7-13/h8-9,11-13,26H,3-7,10H2,1-2H3,(H,23,25)(H,24,27)/t12-/m1/s1. The van der Waals surface area contributed by atoms with Crippen LogP contribution in [0.25, 0.3) is 0 Å². The minimum Gasteiger partial charge on any atom is -0.431 e. The molecule has 1 aromatic carbocycles. The second-order valence-corrected chi connectivity index (χ2v) is 9.60. The van der Waals surface area contributed by atoms with Crippen LogP contribution >= 0.6 is 0 Å². The van der Waals surface area contributed by atoms with Gasteiger partial charge in [0.15, 0.2) is 17.3 Å². The van der Waals surface area contributed by atoms with Crippen molar-refractivity contribution < 1.29 is 26.4 Å². The average molecular weight is 457 g/mol. The molecule has 8 nitrogen and oxygen atoms in total. The van der Waals surface area contributed by atoms with Crippen LogP contribution in [0.15, 0.2) is 22.8 Å². The first kappa shape index (κ1) is 23.0. The minimum atomic E-state index is -3.84. The van der Waals surface area contributed by atoms with Crippen LogP contribution in [-0.4, -0.2) is 32.1 Å². The normalized spacial score (nSPS) is 16.0. The van der Waals surface area contributed by atoms with Gasteiger partial charge in [-0.05, 0) is 43.4 Å². The number of nitrogens with zero attached hydrogens (tertiary/aromatic N) is 1. The summed E-state index contributed by atoms with van der Waals surface area (Å²) in [7, 11) is -3.84. The predicted molar refractivity (Wildman–Crippen MR) is 112 cm³/mol. The molecule has 0 unspecified atom stereocenters. The van der Waals surface area contributed by atoms with E-state index in [4.69, 9.17) is 4.42 Å². The minimum absolute atomic E-state index is 0.0364. The molecule has 170 valence electrons. The van der Waals surface area contributed by atoms with E-state index < -0.39 is 39.3 Å². The van der Waals surface area contributed by atoms with E-state index in [1.165, 1.54) is 32.4 Å². The Morgan fingerprint density at radius 3 is 2.48 bits per heavy atom. The van der Waals surface area contributed by atoms with Crippen molar-refractivity contribution in [3.8, 4) is 0 Å². The molecule has 2 aromatic rings. The van der Waals surface area contributed by atoms with Crippen molar-refractivity contribution in [3.05, 3.63) is 41.3 Å². The van der Waals surface area contributed by atoms with Gasteiger partial charge in [-0.1, -0.05) is 19.3 Å². The summed E-state index contributed by atoms with van der Waals surface area (Å²) in [4.78, 5) is 16.5. The summed E-state index contributed by atoms with van der Waals surface area (Å²) in [6.45, 7) is 2.27. The topological polar surface area (TPSA) is 113 Å². The van der Waals surface area contributed by atoms with Crippen LogP contribution in [0.3, 0.4) is 0 Å². The molecule has 0 bridgehead atoms. The monoisotopic (exact) mass is 456 g/mol. The lowest BCUT2D eigenvalue weighted by Crippen LogP contribution is -2.27. The Labute approximate surface area is 179 Å². The number of amides is 1. The molecule has 31 heavy (non-hydrogen) atoms. The van der Waals surface area contributed by atoms with Gasteiger partial charge in [0.1, 0.15) is 12.0 Å². The lowest BCUT2D eigenvalue weighted by molar-refractivity contribution is 0.0934. The molecule has 1 aliphatic carbocycles. The van der Waals surface area contributed by atoms with Gasteiger partial charge in [0.05, 0.1) is 12.3 Å². The Morgan fingerprint density at radius 2 is 1.87 bits per heavy atom. The fourth-order valence-electron chi connectivity index (χ4n) is 3.56. The molecule has 1 heterocycles. The summed E-state index contributed by atoms with van der Waals surface area (Å²) in [5.74, 6) is -2.18. The number of oxazole rings is 1. The smallest absolute Gasteiger partial charge is 0.295 e. The molecule has 3 N–H and O–H groups in total. The number of carbonyl (C=O) groups excluding carboxylic acids is 1. The molecule has 0 spiro atoms. The first-order valence-corrected chi connectivity index (χ1v) is 12.0. The van der Waals surface area contributed by atoms with Crippen LogP contribution in [0.4, 0.5) is 20.5 Å². The van der Waals surface area contributed by atoms with Gasteiger partial charge in [0, 0.05) is 6.54 Å². The Kier molecular flexibility index (Phi) is 7.14. The number of halogens is 2. The van der Waals surface area contributed by atoms with Crippen LogP contribution in [-0.2, 0) is 10.0 Å². The molecule has 0 saturated heterocycles. The van der Waals surface area contributed by atoms with Crippen LogP contribution < -0.4 is 15.4 Å². The molecular weight excluding hydrogens is 430 g/mol. The second kappa shape index (κ2) is 9.63. The van der Waals surface area contributed by atoms with Crippen molar-refractivity contribution in [1.82, 2.24) is 10.3 Å². The Hall–Kier alpha value is -2.69. The number of aromatic nitrogens is 1. The van der Waals surface area contributed by atoms with E-state index in [0.29, 0.717) is 5.92 Å². The maximum Gasteiger partial charge on any atom is 0.295 e. The summed E-state index contributed by atoms with van der Waals surface area (Å²) >= 11 is 0. The molecule has 1 atom stereocenters. The van der Waals surface area contributed by atoms with Gasteiger partial charge in [-0.15, -0.1) is 0 Å². The van der Waals surface area contributed by atoms with E-state index in [9.17, 15) is 22.0 Å². The summed E-state index contributed by atoms with van der Waals surface area (Å²) in [5.41, 5.74) is -0.606. The highest BCUT2D eigenvalue weighted by Gasteiger charge is 2.20. The molecule has 1 fully saturated rings. The molecular formula is C20H26F2N4O4S. The van der Waals surface area contributed by atoms with E-state index in [0.717, 1.165) is 37.8 Å². The molecule has 0 radical (unpaired) electrons. The third-order valence-corrected chi connectivity index (χ3v) is 5.78. The highest BCUT2D eigenvalue weighted by molar-refractivity contribution is 7.92. The first-order chi connectivity index (χ1) is 14.6. The molecule has 1 saturated carbocycles. The quantitative estimate of drug-likeness (QED) is 0.557. The Bertz CT molecular complexity index is 1010. The highest BCUT2D eigenvalue weighted by Crippen LogP contribution is 2.26. The second-order valence-electron chi connectivity index (χ2n) is 7.85. The van der Waals surface area contributed by atoms with Gasteiger partial charge in [0.25, 0.3) is 11.9 Å².